The first kappa shape index (κ1) is 9.60. The number of aryl methyl sites for hydroxylation is 1. The van der Waals surface area contributed by atoms with E-state index in [-0.39, 0.29) is 0 Å². The molecule has 5 heteroatoms. The molecular weight excluding hydrogens is 170 g/mol. The fourth-order valence-electron chi connectivity index (χ4n) is 0.911. The van der Waals surface area contributed by atoms with Gasteiger partial charge in [0.25, 0.3) is 0 Å². The van der Waals surface area contributed by atoms with Crippen LogP contribution in [0.3, 0.4) is 0 Å². The molecule has 0 aliphatic rings. The molecule has 0 saturated carbocycles. The predicted molar refractivity (Wildman–Crippen MR) is 44.9 cm³/mol. The summed E-state index contributed by atoms with van der Waals surface area (Å²) in [5.41, 5.74) is 0. The Bertz CT molecular complexity index is 253. The lowest BCUT2D eigenvalue weighted by atomic mass is 10.3. The zero-order valence-corrected chi connectivity index (χ0v) is 7.13. The second-order valence-electron chi connectivity index (χ2n) is 2.54. The van der Waals surface area contributed by atoms with Crippen molar-refractivity contribution in [3.05, 3.63) is 24.3 Å². The lowest BCUT2D eigenvalue weighted by molar-refractivity contribution is -0.149. The van der Waals surface area contributed by atoms with E-state index in [2.05, 4.69) is 9.97 Å². The van der Waals surface area contributed by atoms with Gasteiger partial charge in [0.15, 0.2) is 0 Å². The van der Waals surface area contributed by atoms with Crippen LogP contribution in [0, 0.1) is 0 Å². The van der Waals surface area contributed by atoms with Crippen LogP contribution in [0.4, 0.5) is 0 Å². The number of hydrogen-bond donors (Lipinski definition) is 1. The van der Waals surface area contributed by atoms with Crippen LogP contribution >= 0.6 is 0 Å². The Kier molecular flexibility index (Phi) is 3.84. The Hall–Kier alpha value is -1.49. The highest BCUT2D eigenvalue weighted by Gasteiger charge is 1.98. The number of carbonyl (C=O) groups excluding carboxylic acids is 1. The van der Waals surface area contributed by atoms with Crippen molar-refractivity contribution in [3.8, 4) is 0 Å². The second kappa shape index (κ2) is 5.21. The zero-order chi connectivity index (χ0) is 9.52. The minimum atomic E-state index is 0.307. The van der Waals surface area contributed by atoms with Gasteiger partial charge in [0.1, 0.15) is 5.82 Å². The van der Waals surface area contributed by atoms with Crippen LogP contribution in [-0.4, -0.2) is 33.2 Å². The van der Waals surface area contributed by atoms with Crippen molar-refractivity contribution in [2.45, 2.75) is 12.8 Å². The van der Waals surface area contributed by atoms with E-state index in [1.807, 2.05) is 0 Å². The molecule has 0 aliphatic heterocycles. The third-order valence-corrected chi connectivity index (χ3v) is 1.53. The molecule has 1 rings (SSSR count). The van der Waals surface area contributed by atoms with E-state index >= 15 is 0 Å². The normalized spacial score (nSPS) is 9.62. The first-order valence-electron chi connectivity index (χ1n) is 3.99. The number of hydroxylamine groups is 2. The minimum absolute atomic E-state index is 0.307. The van der Waals surface area contributed by atoms with Crippen molar-refractivity contribution in [1.29, 1.82) is 0 Å². The van der Waals surface area contributed by atoms with Crippen molar-refractivity contribution in [3.63, 3.8) is 0 Å². The summed E-state index contributed by atoms with van der Waals surface area (Å²) < 4.78 is 0. The third-order valence-electron chi connectivity index (χ3n) is 1.53. The average molecular weight is 181 g/mol. The van der Waals surface area contributed by atoms with Crippen molar-refractivity contribution in [2.75, 3.05) is 6.54 Å². The first-order valence-corrected chi connectivity index (χ1v) is 3.99. The smallest absolute Gasteiger partial charge is 0.233 e. The largest absolute Gasteiger partial charge is 0.286 e. The minimum Gasteiger partial charge on any atom is -0.286 e. The molecule has 0 aliphatic carbocycles. The molecule has 0 fully saturated rings. The molecule has 0 spiro atoms. The van der Waals surface area contributed by atoms with E-state index in [0.717, 1.165) is 5.82 Å². The van der Waals surface area contributed by atoms with E-state index in [1.54, 1.807) is 18.5 Å². The van der Waals surface area contributed by atoms with Gasteiger partial charge in [0.05, 0.1) is 0 Å². The molecule has 70 valence electrons. The van der Waals surface area contributed by atoms with Gasteiger partial charge in [-0.3, -0.25) is 10.0 Å². The molecule has 0 aromatic carbocycles. The van der Waals surface area contributed by atoms with E-state index in [4.69, 9.17) is 5.21 Å². The highest BCUT2D eigenvalue weighted by atomic mass is 16.5. The predicted octanol–water partition coefficient (Wildman–Crippen LogP) is 0.257. The fraction of sp³-hybridized carbons (Fsp3) is 0.375. The topological polar surface area (TPSA) is 66.3 Å². The average Bonchev–Trinajstić information content (AvgIpc) is 2.19. The van der Waals surface area contributed by atoms with Crippen LogP contribution in [0.1, 0.15) is 12.2 Å². The van der Waals surface area contributed by atoms with Gasteiger partial charge in [-0.1, -0.05) is 0 Å². The molecule has 1 aromatic rings. The molecule has 0 atom stereocenters. The van der Waals surface area contributed by atoms with Crippen LogP contribution in [0.25, 0.3) is 0 Å². The molecule has 13 heavy (non-hydrogen) atoms. The van der Waals surface area contributed by atoms with E-state index in [9.17, 15) is 4.79 Å². The lowest BCUT2D eigenvalue weighted by Gasteiger charge is -2.06. The molecule has 0 saturated heterocycles. The number of hydrogen-bond acceptors (Lipinski definition) is 4. The Labute approximate surface area is 76.0 Å². The molecule has 0 unspecified atom stereocenters. The number of rotatable bonds is 5. The number of carbonyl (C=O) groups is 1. The summed E-state index contributed by atoms with van der Waals surface area (Å²) in [6.45, 7) is 0.307. The van der Waals surface area contributed by atoms with E-state index < -0.39 is 0 Å². The molecule has 1 N–H and O–H groups in total. The van der Waals surface area contributed by atoms with Crippen LogP contribution in [0.15, 0.2) is 18.5 Å². The van der Waals surface area contributed by atoms with Gasteiger partial charge in [-0.05, 0) is 12.5 Å². The first-order chi connectivity index (χ1) is 6.33. The Morgan fingerprint density at radius 3 is 2.77 bits per heavy atom. The monoisotopic (exact) mass is 181 g/mol. The molecule has 5 nitrogen and oxygen atoms in total. The summed E-state index contributed by atoms with van der Waals surface area (Å²) in [6.07, 6.45) is 5.02. The number of nitrogens with zero attached hydrogens (tertiary/aromatic N) is 3. The van der Waals surface area contributed by atoms with Gasteiger partial charge in [-0.25, -0.2) is 15.0 Å². The molecular formula is C8H11N3O2. The molecule has 1 heterocycles. The maximum absolute atomic E-state index is 9.99. The highest BCUT2D eigenvalue weighted by molar-refractivity contribution is 5.44. The van der Waals surface area contributed by atoms with Gasteiger partial charge < -0.3 is 0 Å². The van der Waals surface area contributed by atoms with Crippen LogP contribution < -0.4 is 0 Å². The van der Waals surface area contributed by atoms with Crippen molar-refractivity contribution in [2.24, 2.45) is 0 Å². The zero-order valence-electron chi connectivity index (χ0n) is 7.13. The van der Waals surface area contributed by atoms with Gasteiger partial charge in [-0.2, -0.15) is 0 Å². The van der Waals surface area contributed by atoms with Gasteiger partial charge in [0, 0.05) is 25.4 Å². The van der Waals surface area contributed by atoms with Crippen LogP contribution in [0.5, 0.6) is 0 Å². The maximum Gasteiger partial charge on any atom is 0.233 e. The van der Waals surface area contributed by atoms with Gasteiger partial charge in [0.2, 0.25) is 6.41 Å². The van der Waals surface area contributed by atoms with Crippen LogP contribution in [0.2, 0.25) is 0 Å². The molecule has 1 amide bonds. The SMILES string of the molecule is O=CN(O)CCCc1ncccn1. The Balaban J connectivity index is 2.24. The molecule has 0 radical (unpaired) electrons. The highest BCUT2D eigenvalue weighted by Crippen LogP contribution is 1.94. The maximum atomic E-state index is 9.99. The summed E-state index contributed by atoms with van der Waals surface area (Å²) in [4.78, 5) is 18.0. The summed E-state index contributed by atoms with van der Waals surface area (Å²) in [5, 5.41) is 9.37. The van der Waals surface area contributed by atoms with E-state index in [1.165, 1.54) is 0 Å². The van der Waals surface area contributed by atoms with Gasteiger partial charge in [-0.15, -0.1) is 0 Å². The number of amides is 1. The number of aromatic nitrogens is 2. The summed E-state index contributed by atoms with van der Waals surface area (Å²) in [6, 6.07) is 1.74. The van der Waals surface area contributed by atoms with E-state index in [0.29, 0.717) is 30.9 Å². The third kappa shape index (κ3) is 3.62. The fourth-order valence-corrected chi connectivity index (χ4v) is 0.911. The Morgan fingerprint density at radius 1 is 1.46 bits per heavy atom. The molecule has 0 bridgehead atoms. The van der Waals surface area contributed by atoms with Gasteiger partial charge >= 0.3 is 0 Å². The van der Waals surface area contributed by atoms with Crippen molar-refractivity contribution in [1.82, 2.24) is 15.0 Å². The lowest BCUT2D eigenvalue weighted by Crippen LogP contribution is -2.18. The van der Waals surface area contributed by atoms with Crippen molar-refractivity contribution >= 4 is 6.41 Å². The summed E-state index contributed by atoms with van der Waals surface area (Å²) in [7, 11) is 0. The second-order valence-corrected chi connectivity index (χ2v) is 2.54. The van der Waals surface area contributed by atoms with Crippen LogP contribution in [-0.2, 0) is 11.2 Å². The summed E-state index contributed by atoms with van der Waals surface area (Å²) >= 11 is 0. The Morgan fingerprint density at radius 2 is 2.15 bits per heavy atom. The molecule has 1 aromatic heterocycles. The standard InChI is InChI=1S/C8H11N3O2/c12-7-11(13)6-1-3-8-9-4-2-5-10-8/h2,4-5,7,13H,1,3,6H2. The summed E-state index contributed by atoms with van der Waals surface area (Å²) in [5.74, 6) is 0.724. The van der Waals surface area contributed by atoms with Crippen molar-refractivity contribution < 1.29 is 10.0 Å². The quantitative estimate of drug-likeness (QED) is 0.402.